The molecule has 20 heavy (non-hydrogen) atoms. The van der Waals surface area contributed by atoms with E-state index in [0.29, 0.717) is 5.69 Å². The number of aromatic nitrogens is 1. The Labute approximate surface area is 114 Å². The molecule has 1 N–H and O–H groups in total. The van der Waals surface area contributed by atoms with Crippen molar-refractivity contribution in [1.29, 1.82) is 0 Å². The van der Waals surface area contributed by atoms with E-state index in [2.05, 4.69) is 9.72 Å². The first-order chi connectivity index (χ1) is 9.32. The van der Waals surface area contributed by atoms with E-state index in [1.54, 1.807) is 0 Å². The lowest BCUT2D eigenvalue weighted by Gasteiger charge is -2.29. The van der Waals surface area contributed by atoms with Gasteiger partial charge in [0.2, 0.25) is 0 Å². The third kappa shape index (κ3) is 2.71. The van der Waals surface area contributed by atoms with Gasteiger partial charge < -0.3 is 19.2 Å². The summed E-state index contributed by atoms with van der Waals surface area (Å²) in [5.41, 5.74) is 0.411. The van der Waals surface area contributed by atoms with Gasteiger partial charge in [0.25, 0.3) is 5.79 Å². The summed E-state index contributed by atoms with van der Waals surface area (Å²) in [5.74, 6) is -3.36. The number of carbonyl (C=O) groups is 3. The van der Waals surface area contributed by atoms with E-state index in [4.69, 9.17) is 9.47 Å². The molecule has 1 aliphatic heterocycles. The van der Waals surface area contributed by atoms with Crippen molar-refractivity contribution in [1.82, 2.24) is 4.98 Å². The van der Waals surface area contributed by atoms with Gasteiger partial charge in [0.15, 0.2) is 0 Å². The summed E-state index contributed by atoms with van der Waals surface area (Å²) in [6.07, 6.45) is 2.66. The van der Waals surface area contributed by atoms with Crippen LogP contribution in [0, 0.1) is 0 Å². The number of ether oxygens (including phenoxy) is 3. The second-order valence-corrected chi connectivity index (χ2v) is 4.57. The zero-order valence-electron chi connectivity index (χ0n) is 11.2. The van der Waals surface area contributed by atoms with Gasteiger partial charge in [-0.05, 0) is 12.1 Å². The summed E-state index contributed by atoms with van der Waals surface area (Å²) in [6.45, 7) is 2.92. The summed E-state index contributed by atoms with van der Waals surface area (Å²) in [5, 5.41) is 0. The lowest BCUT2D eigenvalue weighted by atomic mass is 10.2. The average Bonchev–Trinajstić information content (AvgIpc) is 2.80. The van der Waals surface area contributed by atoms with Crippen LogP contribution in [-0.2, 0) is 23.8 Å². The molecule has 0 radical (unpaired) electrons. The van der Waals surface area contributed by atoms with Crippen LogP contribution in [0.1, 0.15) is 29.9 Å². The van der Waals surface area contributed by atoms with E-state index in [0.717, 1.165) is 0 Å². The lowest BCUT2D eigenvalue weighted by molar-refractivity contribution is -0.222. The van der Waals surface area contributed by atoms with Gasteiger partial charge in [-0.15, -0.1) is 0 Å². The van der Waals surface area contributed by atoms with Crippen LogP contribution in [0.15, 0.2) is 17.8 Å². The van der Waals surface area contributed by atoms with Crippen LogP contribution < -0.4 is 0 Å². The van der Waals surface area contributed by atoms with E-state index in [1.165, 1.54) is 39.3 Å². The van der Waals surface area contributed by atoms with Gasteiger partial charge >= 0.3 is 17.9 Å². The maximum atomic E-state index is 11.7. The van der Waals surface area contributed by atoms with Crippen molar-refractivity contribution in [3.8, 4) is 0 Å². The highest BCUT2D eigenvalue weighted by atomic mass is 16.7. The molecule has 1 aromatic rings. The smallest absolute Gasteiger partial charge is 0.348 e. The largest absolute Gasteiger partial charge is 0.465 e. The first kappa shape index (κ1) is 13.9. The van der Waals surface area contributed by atoms with Gasteiger partial charge in [0.1, 0.15) is 5.57 Å². The second kappa shape index (κ2) is 4.84. The van der Waals surface area contributed by atoms with Crippen molar-refractivity contribution in [2.75, 3.05) is 7.11 Å². The number of carbonyl (C=O) groups excluding carboxylic acids is 3. The predicted molar refractivity (Wildman–Crippen MR) is 66.4 cm³/mol. The Balaban J connectivity index is 2.27. The first-order valence-corrected chi connectivity index (χ1v) is 5.77. The van der Waals surface area contributed by atoms with Crippen molar-refractivity contribution in [2.24, 2.45) is 0 Å². The topological polar surface area (TPSA) is 94.7 Å². The van der Waals surface area contributed by atoms with Crippen molar-refractivity contribution < 1.29 is 28.6 Å². The van der Waals surface area contributed by atoms with Crippen LogP contribution >= 0.6 is 0 Å². The third-order valence-corrected chi connectivity index (χ3v) is 2.54. The summed E-state index contributed by atoms with van der Waals surface area (Å²) in [6, 6.07) is 1.44. The van der Waals surface area contributed by atoms with Gasteiger partial charge in [-0.1, -0.05) is 0 Å². The fraction of sp³-hybridized carbons (Fsp3) is 0.308. The SMILES string of the molecule is COC(=O)c1c[nH]c(C=C2C(=O)OC(C)(C)OC2=O)c1. The van der Waals surface area contributed by atoms with E-state index in [-0.39, 0.29) is 11.1 Å². The minimum atomic E-state index is -1.28. The third-order valence-electron chi connectivity index (χ3n) is 2.54. The molecule has 1 aliphatic rings. The molecule has 0 unspecified atom stereocenters. The standard InChI is InChI=1S/C13H13NO6/c1-13(2)19-11(16)9(12(17)20-13)5-8-4-7(6-14-8)10(15)18-3/h4-6,14H,1-3H3. The summed E-state index contributed by atoms with van der Waals surface area (Å²) >= 11 is 0. The molecule has 106 valence electrons. The van der Waals surface area contributed by atoms with Gasteiger partial charge in [-0.2, -0.15) is 0 Å². The molecule has 0 aliphatic carbocycles. The molecule has 1 fully saturated rings. The van der Waals surface area contributed by atoms with Crippen LogP contribution in [0.3, 0.4) is 0 Å². The molecule has 2 rings (SSSR count). The van der Waals surface area contributed by atoms with Crippen LogP contribution in [0.25, 0.3) is 6.08 Å². The number of methoxy groups -OCH3 is 1. The van der Waals surface area contributed by atoms with Gasteiger partial charge in [0.05, 0.1) is 12.7 Å². The molecular formula is C13H13NO6. The Morgan fingerprint density at radius 1 is 1.30 bits per heavy atom. The molecular weight excluding hydrogens is 266 g/mol. The molecule has 7 heteroatoms. The number of cyclic esters (lactones) is 2. The highest BCUT2D eigenvalue weighted by Crippen LogP contribution is 2.24. The zero-order chi connectivity index (χ0) is 14.9. The number of hydrogen-bond acceptors (Lipinski definition) is 6. The number of H-pyrrole nitrogens is 1. The lowest BCUT2D eigenvalue weighted by Crippen LogP contribution is -2.41. The van der Waals surface area contributed by atoms with Crippen molar-refractivity contribution in [3.05, 3.63) is 29.1 Å². The monoisotopic (exact) mass is 279 g/mol. The Morgan fingerprint density at radius 2 is 1.90 bits per heavy atom. The number of nitrogens with one attached hydrogen (secondary N) is 1. The molecule has 0 spiro atoms. The number of hydrogen-bond donors (Lipinski definition) is 1. The van der Waals surface area contributed by atoms with Gasteiger partial charge in [-0.25, -0.2) is 14.4 Å². The Hall–Kier alpha value is -2.57. The van der Waals surface area contributed by atoms with E-state index in [9.17, 15) is 14.4 Å². The number of rotatable bonds is 2. The Kier molecular flexibility index (Phi) is 3.35. The normalized spacial score (nSPS) is 17.2. The van der Waals surface area contributed by atoms with Crippen molar-refractivity contribution in [3.63, 3.8) is 0 Å². The van der Waals surface area contributed by atoms with Gasteiger partial charge in [0, 0.05) is 25.7 Å². The predicted octanol–water partition coefficient (Wildman–Crippen LogP) is 1.02. The fourth-order valence-corrected chi connectivity index (χ4v) is 1.66. The summed E-state index contributed by atoms with van der Waals surface area (Å²) in [7, 11) is 1.26. The second-order valence-electron chi connectivity index (χ2n) is 4.57. The summed E-state index contributed by atoms with van der Waals surface area (Å²) in [4.78, 5) is 37.5. The minimum Gasteiger partial charge on any atom is -0.465 e. The van der Waals surface area contributed by atoms with E-state index in [1.807, 2.05) is 0 Å². The Morgan fingerprint density at radius 3 is 2.45 bits per heavy atom. The van der Waals surface area contributed by atoms with Crippen LogP contribution in [-0.4, -0.2) is 35.8 Å². The maximum Gasteiger partial charge on any atom is 0.348 e. The Bertz CT molecular complexity index is 588. The molecule has 7 nitrogen and oxygen atoms in total. The molecule has 2 heterocycles. The highest BCUT2D eigenvalue weighted by Gasteiger charge is 2.38. The summed E-state index contributed by atoms with van der Waals surface area (Å²) < 4.78 is 14.4. The molecule has 0 bridgehead atoms. The maximum absolute atomic E-state index is 11.7. The molecule has 1 aromatic heterocycles. The van der Waals surface area contributed by atoms with Crippen LogP contribution in [0.5, 0.6) is 0 Å². The van der Waals surface area contributed by atoms with Gasteiger partial charge in [-0.3, -0.25) is 0 Å². The van der Waals surface area contributed by atoms with E-state index < -0.39 is 23.7 Å². The van der Waals surface area contributed by atoms with Crippen LogP contribution in [0.4, 0.5) is 0 Å². The molecule has 0 atom stereocenters. The number of esters is 3. The molecule has 0 saturated carbocycles. The number of aromatic amines is 1. The molecule has 1 saturated heterocycles. The molecule has 0 amide bonds. The van der Waals surface area contributed by atoms with Crippen LogP contribution in [0.2, 0.25) is 0 Å². The zero-order valence-corrected chi connectivity index (χ0v) is 11.2. The average molecular weight is 279 g/mol. The van der Waals surface area contributed by atoms with Crippen molar-refractivity contribution in [2.45, 2.75) is 19.6 Å². The minimum absolute atomic E-state index is 0.248. The van der Waals surface area contributed by atoms with E-state index >= 15 is 0 Å². The first-order valence-electron chi connectivity index (χ1n) is 5.77. The fourth-order valence-electron chi connectivity index (χ4n) is 1.66. The molecule has 0 aromatic carbocycles. The quantitative estimate of drug-likeness (QED) is 0.493. The van der Waals surface area contributed by atoms with Crippen molar-refractivity contribution >= 4 is 24.0 Å². The highest BCUT2D eigenvalue weighted by molar-refractivity contribution is 6.18.